The Morgan fingerprint density at radius 1 is 1.25 bits per heavy atom. The van der Waals surface area contributed by atoms with Crippen LogP contribution >= 0.6 is 39.0 Å². The average Bonchev–Trinajstić information content (AvgIpc) is 3.01. The minimum Gasteiger partial charge on any atom is -0.360 e. The molecule has 2 amide bonds. The smallest absolute Gasteiger partial charge is 0.243 e. The van der Waals surface area contributed by atoms with Gasteiger partial charge in [0.05, 0.1) is 18.0 Å². The van der Waals surface area contributed by atoms with Crippen LogP contribution in [0.25, 0.3) is 0 Å². The minimum absolute atomic E-state index is 0.0838. The molecule has 1 heterocycles. The number of benzene rings is 1. The molecule has 0 radical (unpaired) electrons. The normalized spacial score (nSPS) is 10.2. The molecule has 0 atom stereocenters. The summed E-state index contributed by atoms with van der Waals surface area (Å²) in [6.07, 6.45) is 0. The third-order valence-electron chi connectivity index (χ3n) is 2.66. The van der Waals surface area contributed by atoms with Crippen LogP contribution in [0, 0.1) is 0 Å². The fourth-order valence-corrected chi connectivity index (χ4v) is 3.64. The molecule has 24 heavy (non-hydrogen) atoms. The minimum atomic E-state index is -0.286. The number of halogens is 1. The van der Waals surface area contributed by atoms with Crippen LogP contribution in [0.15, 0.2) is 33.1 Å². The number of aromatic nitrogens is 2. The first kappa shape index (κ1) is 18.7. The Morgan fingerprint density at radius 3 is 2.79 bits per heavy atom. The summed E-state index contributed by atoms with van der Waals surface area (Å²) in [4.78, 5) is 23.6. The zero-order chi connectivity index (χ0) is 17.4. The lowest BCUT2D eigenvalue weighted by Gasteiger charge is -2.08. The average molecular weight is 430 g/mol. The van der Waals surface area contributed by atoms with Gasteiger partial charge in [0.25, 0.3) is 0 Å². The Kier molecular flexibility index (Phi) is 7.47. The maximum Gasteiger partial charge on any atom is 0.243 e. The van der Waals surface area contributed by atoms with E-state index in [9.17, 15) is 9.59 Å². The number of carbonyl (C=O) groups excluding carboxylic acids is 2. The highest BCUT2D eigenvalue weighted by atomic mass is 79.9. The number of rotatable bonds is 8. The van der Waals surface area contributed by atoms with Crippen molar-refractivity contribution in [2.24, 2.45) is 0 Å². The van der Waals surface area contributed by atoms with E-state index in [2.05, 4.69) is 42.1 Å². The molecule has 0 spiro atoms. The van der Waals surface area contributed by atoms with Crippen LogP contribution in [-0.2, 0) is 9.59 Å². The van der Waals surface area contributed by atoms with Gasteiger partial charge in [0.2, 0.25) is 16.9 Å². The zero-order valence-corrected chi connectivity index (χ0v) is 16.1. The van der Waals surface area contributed by atoms with E-state index in [0.717, 1.165) is 16.1 Å². The number of anilines is 2. The summed E-state index contributed by atoms with van der Waals surface area (Å²) in [6, 6.07) is 7.28. The van der Waals surface area contributed by atoms with Crippen LogP contribution in [0.4, 0.5) is 10.8 Å². The maximum atomic E-state index is 11.8. The van der Waals surface area contributed by atoms with E-state index >= 15 is 0 Å². The molecule has 2 rings (SSSR count). The van der Waals surface area contributed by atoms with Crippen LogP contribution in [0.1, 0.15) is 6.92 Å². The fourth-order valence-electron chi connectivity index (χ4n) is 1.60. The van der Waals surface area contributed by atoms with E-state index in [1.54, 1.807) is 6.07 Å². The van der Waals surface area contributed by atoms with Gasteiger partial charge in [-0.1, -0.05) is 35.2 Å². The molecule has 0 aliphatic carbocycles. The molecule has 128 valence electrons. The summed E-state index contributed by atoms with van der Waals surface area (Å²) in [6.45, 7) is 2.66. The molecular weight excluding hydrogens is 414 g/mol. The lowest BCUT2D eigenvalue weighted by Crippen LogP contribution is -2.33. The number of nitrogens with one attached hydrogen (secondary N) is 3. The van der Waals surface area contributed by atoms with Crippen molar-refractivity contribution in [3.05, 3.63) is 28.7 Å². The van der Waals surface area contributed by atoms with Gasteiger partial charge in [0.1, 0.15) is 0 Å². The summed E-state index contributed by atoms with van der Waals surface area (Å²) in [5, 5.41) is 17.0. The Hall–Kier alpha value is -1.65. The zero-order valence-electron chi connectivity index (χ0n) is 12.8. The first-order chi connectivity index (χ1) is 11.6. The quantitative estimate of drug-likeness (QED) is 0.558. The summed E-state index contributed by atoms with van der Waals surface area (Å²) >= 11 is 6.03. The van der Waals surface area contributed by atoms with E-state index in [1.165, 1.54) is 23.1 Å². The van der Waals surface area contributed by atoms with Gasteiger partial charge >= 0.3 is 0 Å². The molecule has 0 aliphatic rings. The number of hydrogen-bond acceptors (Lipinski definition) is 7. The molecule has 0 bridgehead atoms. The monoisotopic (exact) mass is 429 g/mol. The topological polar surface area (TPSA) is 96.0 Å². The van der Waals surface area contributed by atoms with Gasteiger partial charge in [-0.2, -0.15) is 0 Å². The Morgan fingerprint density at radius 2 is 2.04 bits per heavy atom. The molecule has 0 aliphatic heterocycles. The largest absolute Gasteiger partial charge is 0.360 e. The van der Waals surface area contributed by atoms with Gasteiger partial charge in [0, 0.05) is 11.0 Å². The van der Waals surface area contributed by atoms with Crippen molar-refractivity contribution in [1.29, 1.82) is 0 Å². The molecule has 0 saturated carbocycles. The molecule has 0 unspecified atom stereocenters. The number of nitrogens with zero attached hydrogens (tertiary/aromatic N) is 2. The van der Waals surface area contributed by atoms with Crippen molar-refractivity contribution in [3.63, 3.8) is 0 Å². The van der Waals surface area contributed by atoms with Crippen molar-refractivity contribution >= 4 is 61.7 Å². The lowest BCUT2D eigenvalue weighted by molar-refractivity contribution is -0.122. The first-order valence-electron chi connectivity index (χ1n) is 7.09. The van der Waals surface area contributed by atoms with Gasteiger partial charge in [-0.15, -0.1) is 10.2 Å². The predicted octanol–water partition coefficient (Wildman–Crippen LogP) is 2.58. The van der Waals surface area contributed by atoms with Crippen molar-refractivity contribution in [3.8, 4) is 0 Å². The van der Waals surface area contributed by atoms with E-state index in [-0.39, 0.29) is 24.1 Å². The Labute approximate surface area is 156 Å². The Balaban J connectivity index is 1.70. The standard InChI is InChI=1S/C14H16BrN5O2S2/c1-2-16-13-19-20-14(24-13)23-8-12(22)17-7-11(21)18-10-6-4-3-5-9(10)15/h3-6H,2,7-8H2,1H3,(H,16,19)(H,17,22)(H,18,21). The molecule has 0 saturated heterocycles. The molecule has 7 nitrogen and oxygen atoms in total. The summed E-state index contributed by atoms with van der Waals surface area (Å²) in [7, 11) is 0. The van der Waals surface area contributed by atoms with Gasteiger partial charge in [-0.25, -0.2) is 0 Å². The van der Waals surface area contributed by atoms with Crippen molar-refractivity contribution in [2.75, 3.05) is 29.5 Å². The van der Waals surface area contributed by atoms with Crippen molar-refractivity contribution in [2.45, 2.75) is 11.3 Å². The number of para-hydroxylation sites is 1. The number of carbonyl (C=O) groups is 2. The molecule has 0 fully saturated rings. The maximum absolute atomic E-state index is 11.8. The molecule has 1 aromatic heterocycles. The van der Waals surface area contributed by atoms with Crippen LogP contribution in [0.2, 0.25) is 0 Å². The van der Waals surface area contributed by atoms with E-state index < -0.39 is 0 Å². The van der Waals surface area contributed by atoms with E-state index in [4.69, 9.17) is 0 Å². The van der Waals surface area contributed by atoms with Crippen LogP contribution in [0.5, 0.6) is 0 Å². The summed E-state index contributed by atoms with van der Waals surface area (Å²) in [5.74, 6) is -0.337. The third kappa shape index (κ3) is 6.10. The van der Waals surface area contributed by atoms with Gasteiger partial charge < -0.3 is 16.0 Å². The van der Waals surface area contributed by atoms with Gasteiger partial charge in [-0.3, -0.25) is 9.59 Å². The van der Waals surface area contributed by atoms with Gasteiger partial charge in [-0.05, 0) is 35.0 Å². The SMILES string of the molecule is CCNc1nnc(SCC(=O)NCC(=O)Nc2ccccc2Br)s1. The Bertz CT molecular complexity index is 710. The third-order valence-corrected chi connectivity index (χ3v) is 5.36. The van der Waals surface area contributed by atoms with Gasteiger partial charge in [0.15, 0.2) is 4.34 Å². The van der Waals surface area contributed by atoms with E-state index in [1.807, 2.05) is 25.1 Å². The molecule has 1 aromatic carbocycles. The highest BCUT2D eigenvalue weighted by molar-refractivity contribution is 9.10. The fraction of sp³-hybridized carbons (Fsp3) is 0.286. The highest BCUT2D eigenvalue weighted by Crippen LogP contribution is 2.25. The van der Waals surface area contributed by atoms with Crippen molar-refractivity contribution in [1.82, 2.24) is 15.5 Å². The molecule has 3 N–H and O–H groups in total. The second kappa shape index (κ2) is 9.60. The predicted molar refractivity (Wildman–Crippen MR) is 101 cm³/mol. The van der Waals surface area contributed by atoms with E-state index in [0.29, 0.717) is 10.0 Å². The van der Waals surface area contributed by atoms with Crippen LogP contribution in [-0.4, -0.2) is 40.9 Å². The number of thioether (sulfide) groups is 1. The van der Waals surface area contributed by atoms with Crippen LogP contribution < -0.4 is 16.0 Å². The highest BCUT2D eigenvalue weighted by Gasteiger charge is 2.10. The first-order valence-corrected chi connectivity index (χ1v) is 9.69. The molecule has 2 aromatic rings. The second-order valence-corrected chi connectivity index (χ2v) is 7.55. The molecular formula is C14H16BrN5O2S2. The number of hydrogen-bond donors (Lipinski definition) is 3. The summed E-state index contributed by atoms with van der Waals surface area (Å²) < 4.78 is 1.49. The second-order valence-electron chi connectivity index (χ2n) is 4.50. The van der Waals surface area contributed by atoms with Crippen molar-refractivity contribution < 1.29 is 9.59 Å². The number of amides is 2. The molecule has 10 heteroatoms. The summed E-state index contributed by atoms with van der Waals surface area (Å²) in [5.41, 5.74) is 0.663. The lowest BCUT2D eigenvalue weighted by atomic mass is 10.3. The van der Waals surface area contributed by atoms with Crippen LogP contribution in [0.3, 0.4) is 0 Å².